The normalized spacial score (nSPS) is 19.7. The van der Waals surface area contributed by atoms with Crippen molar-refractivity contribution in [1.82, 2.24) is 34.7 Å². The van der Waals surface area contributed by atoms with Gasteiger partial charge in [0.2, 0.25) is 0 Å². The molecule has 3 aromatic heterocycles. The van der Waals surface area contributed by atoms with E-state index in [-0.39, 0.29) is 34.4 Å². The molecule has 2 saturated carbocycles. The lowest BCUT2D eigenvalue weighted by Crippen LogP contribution is -2.56. The quantitative estimate of drug-likeness (QED) is 0.0291. The summed E-state index contributed by atoms with van der Waals surface area (Å²) < 4.78 is 38.0. The van der Waals surface area contributed by atoms with Crippen LogP contribution in [0.1, 0.15) is 118 Å². The Balaban J connectivity index is 0.891. The average molecular weight is 1000 g/mol. The highest BCUT2D eigenvalue weighted by molar-refractivity contribution is 7.90. The van der Waals surface area contributed by atoms with Gasteiger partial charge in [-0.2, -0.15) is 5.10 Å². The van der Waals surface area contributed by atoms with Crippen molar-refractivity contribution in [3.63, 3.8) is 0 Å². The summed E-state index contributed by atoms with van der Waals surface area (Å²) in [6.45, 7) is 13.3. The molecule has 5 N–H and O–H groups in total. The minimum atomic E-state index is -4.59. The molecule has 382 valence electrons. The number of nitrogens with one attached hydrogen (secondary N) is 4. The molecule has 9 rings (SSSR count). The first-order valence-corrected chi connectivity index (χ1v) is 26.8. The number of nitro groups is 1. The predicted molar refractivity (Wildman–Crippen MR) is 279 cm³/mol. The summed E-state index contributed by atoms with van der Waals surface area (Å²) in [6, 6.07) is 21.9. The van der Waals surface area contributed by atoms with E-state index in [0.717, 1.165) is 88.4 Å². The first-order chi connectivity index (χ1) is 34.4. The number of carbonyl (C=O) groups excluding carboxylic acids is 1. The molecule has 1 amide bonds. The van der Waals surface area contributed by atoms with Gasteiger partial charge in [-0.1, -0.05) is 38.1 Å². The third-order valence-electron chi connectivity index (χ3n) is 15.5. The highest BCUT2D eigenvalue weighted by Crippen LogP contribution is 2.53. The van der Waals surface area contributed by atoms with Crippen LogP contribution in [0.25, 0.3) is 11.0 Å². The SMILES string of the molecule is CC(C)c1ccccc1[C@H](C)N(CCNCc1cnn(C)c1)C1CC2(CCN(c3ccc(C(=O)NS(=O)(=O)c4ccc(NCC5CCC(C)(O)CC5)c([N+](=O)[O-])c4)c(Oc4cnc5[nH]ccc5c4)c3)CC2)C1. The van der Waals surface area contributed by atoms with Crippen LogP contribution in [-0.4, -0.2) is 93.4 Å². The molecule has 0 radical (unpaired) electrons. The summed E-state index contributed by atoms with van der Waals surface area (Å²) in [4.78, 5) is 37.8. The molecule has 72 heavy (non-hydrogen) atoms. The van der Waals surface area contributed by atoms with Crippen LogP contribution in [0.15, 0.2) is 102 Å². The van der Waals surface area contributed by atoms with E-state index >= 15 is 0 Å². The minimum Gasteiger partial charge on any atom is -0.455 e. The van der Waals surface area contributed by atoms with Gasteiger partial charge in [0, 0.05) is 99.6 Å². The summed E-state index contributed by atoms with van der Waals surface area (Å²) in [5, 5.41) is 34.5. The fourth-order valence-corrected chi connectivity index (χ4v) is 12.2. The van der Waals surface area contributed by atoms with Gasteiger partial charge in [0.05, 0.1) is 33.4 Å². The number of amides is 1. The van der Waals surface area contributed by atoms with Crippen LogP contribution in [0, 0.1) is 21.4 Å². The van der Waals surface area contributed by atoms with Crippen LogP contribution in [0.3, 0.4) is 0 Å². The molecule has 3 fully saturated rings. The largest absolute Gasteiger partial charge is 0.455 e. The molecule has 6 aromatic rings. The maximum Gasteiger partial charge on any atom is 0.293 e. The molecule has 1 saturated heterocycles. The number of sulfonamides is 1. The summed E-state index contributed by atoms with van der Waals surface area (Å²) >= 11 is 0. The number of carbonyl (C=O) groups is 1. The number of fused-ring (bicyclic) bond motifs is 1. The Labute approximate surface area is 422 Å². The van der Waals surface area contributed by atoms with Crippen molar-refractivity contribution >= 4 is 44.0 Å². The molecule has 0 unspecified atom stereocenters. The highest BCUT2D eigenvalue weighted by atomic mass is 32.2. The van der Waals surface area contributed by atoms with Crippen LogP contribution < -0.4 is 25.0 Å². The first kappa shape index (κ1) is 50.6. The Bertz CT molecular complexity index is 3000. The number of pyridine rings is 1. The van der Waals surface area contributed by atoms with E-state index in [1.807, 2.05) is 43.2 Å². The number of aromatic nitrogens is 4. The average Bonchev–Trinajstić information content (AvgIpc) is 4.00. The van der Waals surface area contributed by atoms with Gasteiger partial charge in [0.25, 0.3) is 21.6 Å². The molecule has 1 aliphatic heterocycles. The molecule has 3 aromatic carbocycles. The van der Waals surface area contributed by atoms with Crippen LogP contribution in [-0.2, 0) is 23.6 Å². The first-order valence-electron chi connectivity index (χ1n) is 25.3. The number of piperidine rings is 1. The number of benzene rings is 3. The zero-order valence-corrected chi connectivity index (χ0v) is 42.8. The summed E-state index contributed by atoms with van der Waals surface area (Å²) in [6.07, 6.45) is 14.3. The summed E-state index contributed by atoms with van der Waals surface area (Å²) in [5.74, 6) is 0.159. The second-order valence-electron chi connectivity index (χ2n) is 21.0. The second kappa shape index (κ2) is 21.0. The van der Waals surface area contributed by atoms with Gasteiger partial charge in [0.15, 0.2) is 0 Å². The molecular weight excluding hydrogens is 933 g/mol. The van der Waals surface area contributed by atoms with E-state index in [1.54, 1.807) is 24.4 Å². The van der Waals surface area contributed by atoms with Crippen molar-refractivity contribution in [2.75, 3.05) is 42.9 Å². The van der Waals surface area contributed by atoms with Gasteiger partial charge in [-0.3, -0.25) is 24.5 Å². The van der Waals surface area contributed by atoms with Crippen molar-refractivity contribution in [3.05, 3.63) is 130 Å². The van der Waals surface area contributed by atoms with Crippen molar-refractivity contribution < 1.29 is 28.0 Å². The Hall–Kier alpha value is -6.34. The third kappa shape index (κ3) is 11.5. The standard InChI is InChI=1S/C54H68N10O7S/c1-36(2)45-8-6-7-9-46(45)37(3)63(25-22-55-31-39-33-59-61(5)35-39)42-29-54(30-42)19-23-62(24-20-54)41-10-12-47(50(27-41)71-43-26-40-16-21-56-51(40)58-34-43)52(65)60-72(69,70)44-11-13-48(49(28-44)64(67)68)57-32-38-14-17-53(4,66)18-15-38/h6-13,16,21,26-28,33-38,42,55,57,66H,14-15,17-20,22-25,29-32H2,1-5H3,(H,56,58)(H,60,65)/t37-,38?,53?/m0/s1. The smallest absolute Gasteiger partial charge is 0.293 e. The van der Waals surface area contributed by atoms with Crippen LogP contribution in [0.4, 0.5) is 17.1 Å². The monoisotopic (exact) mass is 1000 g/mol. The molecule has 17 nitrogen and oxygen atoms in total. The van der Waals surface area contributed by atoms with Crippen molar-refractivity contribution in [2.24, 2.45) is 18.4 Å². The van der Waals surface area contributed by atoms with Gasteiger partial charge >= 0.3 is 0 Å². The number of aryl methyl sites for hydroxylation is 1. The maximum absolute atomic E-state index is 14.1. The number of aliphatic hydroxyl groups is 1. The van der Waals surface area contributed by atoms with Gasteiger partial charge < -0.3 is 30.4 Å². The zero-order chi connectivity index (χ0) is 50.8. The molecule has 18 heteroatoms. The fraction of sp³-hybridized carbons (Fsp3) is 0.463. The van der Waals surface area contributed by atoms with E-state index in [0.29, 0.717) is 42.7 Å². The lowest BCUT2D eigenvalue weighted by Gasteiger charge is -2.56. The number of rotatable bonds is 19. The third-order valence-corrected chi connectivity index (χ3v) is 16.8. The highest BCUT2D eigenvalue weighted by Gasteiger charge is 2.49. The van der Waals surface area contributed by atoms with E-state index in [2.05, 4.69) is 85.3 Å². The Morgan fingerprint density at radius 3 is 2.46 bits per heavy atom. The number of ether oxygens (including phenoxy) is 1. The molecule has 1 atom stereocenters. The molecule has 2 aliphatic carbocycles. The van der Waals surface area contributed by atoms with Crippen molar-refractivity contribution in [2.45, 2.75) is 114 Å². The summed E-state index contributed by atoms with van der Waals surface area (Å²) in [7, 11) is -2.65. The number of nitrogens with zero attached hydrogens (tertiary/aromatic N) is 6. The van der Waals surface area contributed by atoms with Crippen molar-refractivity contribution in [3.8, 4) is 11.5 Å². The number of anilines is 2. The number of H-pyrrole nitrogens is 1. The lowest BCUT2D eigenvalue weighted by atomic mass is 9.59. The van der Waals surface area contributed by atoms with Crippen LogP contribution >= 0.6 is 0 Å². The van der Waals surface area contributed by atoms with Crippen LogP contribution in [0.5, 0.6) is 11.5 Å². The second-order valence-corrected chi connectivity index (χ2v) is 22.7. The molecule has 3 aliphatic rings. The maximum atomic E-state index is 14.1. The Morgan fingerprint density at radius 2 is 1.75 bits per heavy atom. The van der Waals surface area contributed by atoms with Gasteiger partial charge in [-0.15, -0.1) is 0 Å². The molecular formula is C54H68N10O7S. The van der Waals surface area contributed by atoms with Gasteiger partial charge in [-0.05, 0) is 130 Å². The Kier molecular flexibility index (Phi) is 14.8. The van der Waals surface area contributed by atoms with E-state index in [1.165, 1.54) is 35.0 Å². The molecule has 0 bridgehead atoms. The summed E-state index contributed by atoms with van der Waals surface area (Å²) in [5.41, 5.74) is 4.65. The van der Waals surface area contributed by atoms with Gasteiger partial charge in [-0.25, -0.2) is 18.1 Å². The van der Waals surface area contributed by atoms with Crippen molar-refractivity contribution in [1.29, 1.82) is 0 Å². The van der Waals surface area contributed by atoms with Gasteiger partial charge in [0.1, 0.15) is 22.8 Å². The molecule has 4 heterocycles. The number of hydrogen-bond acceptors (Lipinski definition) is 13. The number of aromatic amines is 1. The molecule has 1 spiro atoms. The fourth-order valence-electron chi connectivity index (χ4n) is 11.2. The van der Waals surface area contributed by atoms with Crippen LogP contribution in [0.2, 0.25) is 0 Å². The number of hydrogen-bond donors (Lipinski definition) is 5. The predicted octanol–water partition coefficient (Wildman–Crippen LogP) is 9.19. The Morgan fingerprint density at radius 1 is 1.00 bits per heavy atom. The zero-order valence-electron chi connectivity index (χ0n) is 41.9. The minimum absolute atomic E-state index is 0.0331. The lowest BCUT2D eigenvalue weighted by molar-refractivity contribution is -0.384. The van der Waals surface area contributed by atoms with E-state index in [4.69, 9.17) is 4.74 Å². The van der Waals surface area contributed by atoms with E-state index in [9.17, 15) is 28.4 Å². The van der Waals surface area contributed by atoms with E-state index < -0.39 is 37.0 Å². The number of nitro benzene ring substituents is 1. The topological polar surface area (TPSA) is 213 Å².